The Labute approximate surface area is 188 Å². The van der Waals surface area contributed by atoms with Gasteiger partial charge in [-0.1, -0.05) is 91.0 Å². The summed E-state index contributed by atoms with van der Waals surface area (Å²) in [6.07, 6.45) is 0.701. The van der Waals surface area contributed by atoms with E-state index in [0.717, 1.165) is 16.7 Å². The Hall–Kier alpha value is -2.85. The topological polar surface area (TPSA) is 43.4 Å². The summed E-state index contributed by atoms with van der Waals surface area (Å²) >= 11 is 1.58. The van der Waals surface area contributed by atoms with Crippen molar-refractivity contribution in [3.05, 3.63) is 108 Å². The summed E-state index contributed by atoms with van der Waals surface area (Å²) in [4.78, 5) is 24.5. The average molecular weight is 433 g/mol. The summed E-state index contributed by atoms with van der Waals surface area (Å²) in [5, 5.41) is 0. The van der Waals surface area contributed by atoms with Gasteiger partial charge in [0.1, 0.15) is 17.8 Å². The average Bonchev–Trinajstić information content (AvgIpc) is 2.77. The fourth-order valence-electron chi connectivity index (χ4n) is 3.52. The Morgan fingerprint density at radius 3 is 1.52 bits per heavy atom. The minimum atomic E-state index is -0.847. The Balaban J connectivity index is 2.08. The van der Waals surface area contributed by atoms with E-state index in [-0.39, 0.29) is 0 Å². The van der Waals surface area contributed by atoms with Crippen molar-refractivity contribution in [3.63, 3.8) is 0 Å². The molecule has 0 aliphatic heterocycles. The number of hydrogen-bond donors (Lipinski definition) is 0. The number of rotatable bonds is 8. The van der Waals surface area contributed by atoms with Crippen molar-refractivity contribution in [2.24, 2.45) is 5.92 Å². The highest BCUT2D eigenvalue weighted by Gasteiger charge is 2.38. The van der Waals surface area contributed by atoms with E-state index in [2.05, 4.69) is 36.4 Å². The van der Waals surface area contributed by atoms with E-state index in [0.29, 0.717) is 12.0 Å². The van der Waals surface area contributed by atoms with Gasteiger partial charge in [-0.2, -0.15) is 0 Å². The van der Waals surface area contributed by atoms with E-state index >= 15 is 0 Å². The van der Waals surface area contributed by atoms with Crippen molar-refractivity contribution in [1.82, 2.24) is 0 Å². The number of carbonyl (C=O) groups is 2. The van der Waals surface area contributed by atoms with Crippen LogP contribution in [0.25, 0.3) is 0 Å². The van der Waals surface area contributed by atoms with Crippen molar-refractivity contribution < 1.29 is 14.3 Å². The maximum Gasteiger partial charge on any atom is 0.317 e. The maximum atomic E-state index is 12.6. The zero-order valence-electron chi connectivity index (χ0n) is 18.2. The van der Waals surface area contributed by atoms with Crippen molar-refractivity contribution in [3.8, 4) is 0 Å². The molecule has 0 aliphatic rings. The fraction of sp³-hybridized carbons (Fsp3) is 0.259. The molecular formula is C27H28O3S. The molecule has 1 atom stereocenters. The number of carbonyl (C=O) groups excluding carboxylic acids is 2. The lowest BCUT2D eigenvalue weighted by Crippen LogP contribution is -2.33. The number of ether oxygens (including phenoxy) is 1. The predicted octanol–water partition coefficient (Wildman–Crippen LogP) is 5.87. The molecule has 0 saturated carbocycles. The first-order chi connectivity index (χ1) is 14.9. The first-order valence-corrected chi connectivity index (χ1v) is 11.3. The SMILES string of the molecule is CC(C)(C)OC(=O)C(C=O)CSC(c1ccccc1)(c1ccccc1)c1ccccc1. The summed E-state index contributed by atoms with van der Waals surface area (Å²) in [5.41, 5.74) is 2.63. The predicted molar refractivity (Wildman–Crippen MR) is 127 cm³/mol. The zero-order chi connectivity index (χ0) is 22.3. The number of benzene rings is 3. The van der Waals surface area contributed by atoms with Gasteiger partial charge in [0.25, 0.3) is 0 Å². The van der Waals surface area contributed by atoms with Crippen LogP contribution in [-0.4, -0.2) is 23.6 Å². The van der Waals surface area contributed by atoms with E-state index in [1.165, 1.54) is 0 Å². The second kappa shape index (κ2) is 9.97. The van der Waals surface area contributed by atoms with Crippen LogP contribution in [0.2, 0.25) is 0 Å². The highest BCUT2D eigenvalue weighted by Crippen LogP contribution is 2.48. The van der Waals surface area contributed by atoms with E-state index in [9.17, 15) is 9.59 Å². The van der Waals surface area contributed by atoms with Gasteiger partial charge < -0.3 is 9.53 Å². The molecule has 3 aromatic carbocycles. The maximum absolute atomic E-state index is 12.6. The summed E-state index contributed by atoms with van der Waals surface area (Å²) in [6.45, 7) is 5.42. The molecular weight excluding hydrogens is 404 g/mol. The molecule has 0 spiro atoms. The van der Waals surface area contributed by atoms with Gasteiger partial charge >= 0.3 is 5.97 Å². The van der Waals surface area contributed by atoms with Gasteiger partial charge in [0.05, 0.1) is 4.75 Å². The van der Waals surface area contributed by atoms with Crippen molar-refractivity contribution in [1.29, 1.82) is 0 Å². The normalized spacial score (nSPS) is 12.7. The summed E-state index contributed by atoms with van der Waals surface area (Å²) in [7, 11) is 0. The second-order valence-electron chi connectivity index (χ2n) is 8.37. The molecule has 31 heavy (non-hydrogen) atoms. The van der Waals surface area contributed by atoms with E-state index in [1.807, 2.05) is 75.4 Å². The summed E-state index contributed by atoms with van der Waals surface area (Å²) < 4.78 is 4.91. The van der Waals surface area contributed by atoms with Crippen LogP contribution in [0.1, 0.15) is 37.5 Å². The molecule has 0 amide bonds. The number of aldehydes is 1. The van der Waals surface area contributed by atoms with Crippen LogP contribution in [0.5, 0.6) is 0 Å². The molecule has 160 valence electrons. The van der Waals surface area contributed by atoms with Gasteiger partial charge in [0.15, 0.2) is 0 Å². The first kappa shape index (κ1) is 22.8. The molecule has 0 N–H and O–H groups in total. The van der Waals surface area contributed by atoms with Crippen molar-refractivity contribution in [2.45, 2.75) is 31.1 Å². The van der Waals surface area contributed by atoms with Crippen LogP contribution in [0, 0.1) is 5.92 Å². The van der Waals surface area contributed by atoms with Gasteiger partial charge in [0.2, 0.25) is 0 Å². The Morgan fingerprint density at radius 2 is 1.19 bits per heavy atom. The lowest BCUT2D eigenvalue weighted by atomic mass is 9.84. The third-order valence-electron chi connectivity index (χ3n) is 4.89. The van der Waals surface area contributed by atoms with Crippen LogP contribution in [0.4, 0.5) is 0 Å². The van der Waals surface area contributed by atoms with Gasteiger partial charge in [-0.3, -0.25) is 4.79 Å². The standard InChI is InChI=1S/C27H28O3S/c1-26(2,3)30-25(29)21(19-28)20-31-27(22-13-7-4-8-14-22,23-15-9-5-10-16-23)24-17-11-6-12-18-24/h4-19,21H,20H2,1-3H3. The van der Waals surface area contributed by atoms with E-state index in [4.69, 9.17) is 4.74 Å². The molecule has 0 saturated heterocycles. The van der Waals surface area contributed by atoms with Gasteiger partial charge in [-0.05, 0) is 37.5 Å². The van der Waals surface area contributed by atoms with Crippen LogP contribution in [0.3, 0.4) is 0 Å². The highest BCUT2D eigenvalue weighted by molar-refractivity contribution is 8.00. The monoisotopic (exact) mass is 432 g/mol. The minimum absolute atomic E-state index is 0.303. The Bertz CT molecular complexity index is 883. The van der Waals surface area contributed by atoms with Gasteiger partial charge in [-0.15, -0.1) is 11.8 Å². The van der Waals surface area contributed by atoms with Crippen LogP contribution < -0.4 is 0 Å². The molecule has 0 heterocycles. The molecule has 0 aliphatic carbocycles. The van der Waals surface area contributed by atoms with Crippen LogP contribution >= 0.6 is 11.8 Å². The van der Waals surface area contributed by atoms with Gasteiger partial charge in [-0.25, -0.2) is 0 Å². The molecule has 0 radical (unpaired) electrons. The van der Waals surface area contributed by atoms with Crippen molar-refractivity contribution >= 4 is 24.0 Å². The molecule has 3 nitrogen and oxygen atoms in total. The fourth-order valence-corrected chi connectivity index (χ4v) is 5.08. The molecule has 0 fully saturated rings. The third-order valence-corrected chi connectivity index (χ3v) is 6.56. The first-order valence-electron chi connectivity index (χ1n) is 10.4. The summed E-state index contributed by atoms with van der Waals surface area (Å²) in [5.74, 6) is -1.03. The smallest absolute Gasteiger partial charge is 0.317 e. The molecule has 3 rings (SSSR count). The lowest BCUT2D eigenvalue weighted by molar-refractivity contribution is -0.159. The quantitative estimate of drug-likeness (QED) is 0.193. The third kappa shape index (κ3) is 5.45. The largest absolute Gasteiger partial charge is 0.459 e. The minimum Gasteiger partial charge on any atom is -0.459 e. The highest BCUT2D eigenvalue weighted by atomic mass is 32.2. The molecule has 0 aromatic heterocycles. The molecule has 4 heteroatoms. The number of esters is 1. The second-order valence-corrected chi connectivity index (χ2v) is 9.60. The Morgan fingerprint density at radius 1 is 0.806 bits per heavy atom. The number of thioether (sulfide) groups is 1. The molecule has 1 unspecified atom stereocenters. The zero-order valence-corrected chi connectivity index (χ0v) is 19.0. The van der Waals surface area contributed by atoms with Crippen LogP contribution in [0.15, 0.2) is 91.0 Å². The van der Waals surface area contributed by atoms with Crippen LogP contribution in [-0.2, 0) is 19.1 Å². The Kier molecular flexibility index (Phi) is 7.34. The summed E-state index contributed by atoms with van der Waals surface area (Å²) in [6, 6.07) is 30.6. The molecule has 0 bridgehead atoms. The van der Waals surface area contributed by atoms with Gasteiger partial charge in [0, 0.05) is 5.75 Å². The van der Waals surface area contributed by atoms with E-state index in [1.54, 1.807) is 11.8 Å². The molecule has 3 aromatic rings. The van der Waals surface area contributed by atoms with E-state index < -0.39 is 22.2 Å². The lowest BCUT2D eigenvalue weighted by Gasteiger charge is -2.36. The van der Waals surface area contributed by atoms with Crippen molar-refractivity contribution in [2.75, 3.05) is 5.75 Å². The number of hydrogen-bond acceptors (Lipinski definition) is 4.